The molecule has 6 nitrogen and oxygen atoms in total. The molecule has 2 aromatic rings. The van der Waals surface area contributed by atoms with E-state index in [2.05, 4.69) is 4.98 Å². The second-order valence-electron chi connectivity index (χ2n) is 5.84. The fourth-order valence-electron chi connectivity index (χ4n) is 2.79. The van der Waals surface area contributed by atoms with Gasteiger partial charge in [0.25, 0.3) is 0 Å². The van der Waals surface area contributed by atoms with E-state index in [1.165, 1.54) is 6.26 Å². The summed E-state index contributed by atoms with van der Waals surface area (Å²) >= 11 is 5.85. The van der Waals surface area contributed by atoms with Crippen LogP contribution in [0.4, 0.5) is 0 Å². The molecule has 2 heterocycles. The Labute approximate surface area is 144 Å². The largest absolute Gasteiger partial charge is 0.481 e. The van der Waals surface area contributed by atoms with E-state index >= 15 is 0 Å². The molecule has 0 unspecified atom stereocenters. The van der Waals surface area contributed by atoms with Crippen molar-refractivity contribution < 1.29 is 19.1 Å². The molecule has 1 aliphatic rings. The van der Waals surface area contributed by atoms with Crippen LogP contribution in [-0.2, 0) is 16.0 Å². The first-order valence-electron chi connectivity index (χ1n) is 7.74. The summed E-state index contributed by atoms with van der Waals surface area (Å²) in [6.07, 6.45) is 2.88. The number of amides is 1. The van der Waals surface area contributed by atoms with Crippen LogP contribution in [0.1, 0.15) is 18.5 Å². The minimum Gasteiger partial charge on any atom is -0.481 e. The average Bonchev–Trinajstić information content (AvgIpc) is 3.04. The molecular weight excluding hydrogens is 332 g/mol. The summed E-state index contributed by atoms with van der Waals surface area (Å²) in [6.45, 7) is 0.848. The number of hydrogen-bond acceptors (Lipinski definition) is 4. The molecule has 1 saturated heterocycles. The number of likely N-dealkylation sites (tertiary alicyclic amines) is 1. The molecule has 1 amide bonds. The maximum atomic E-state index is 12.4. The molecule has 1 aromatic heterocycles. The first-order valence-corrected chi connectivity index (χ1v) is 8.11. The van der Waals surface area contributed by atoms with Crippen LogP contribution < -0.4 is 0 Å². The van der Waals surface area contributed by atoms with Gasteiger partial charge in [-0.25, -0.2) is 4.98 Å². The van der Waals surface area contributed by atoms with Gasteiger partial charge in [-0.05, 0) is 37.1 Å². The van der Waals surface area contributed by atoms with E-state index in [0.717, 1.165) is 5.56 Å². The summed E-state index contributed by atoms with van der Waals surface area (Å²) in [7, 11) is 0. The summed E-state index contributed by atoms with van der Waals surface area (Å²) in [6, 6.07) is 7.07. The zero-order valence-electron chi connectivity index (χ0n) is 12.9. The quantitative estimate of drug-likeness (QED) is 0.918. The second kappa shape index (κ2) is 7.05. The SMILES string of the molecule is O=C(O)[C@@H]1CCCN(C(=O)Cc2coc(-c3ccc(Cl)cc3)n2)C1. The third-order valence-electron chi connectivity index (χ3n) is 4.10. The zero-order valence-corrected chi connectivity index (χ0v) is 13.7. The molecule has 0 saturated carbocycles. The topological polar surface area (TPSA) is 83.6 Å². The summed E-state index contributed by atoms with van der Waals surface area (Å²) in [5.41, 5.74) is 1.31. The molecule has 0 radical (unpaired) electrons. The number of carbonyl (C=O) groups excluding carboxylic acids is 1. The van der Waals surface area contributed by atoms with E-state index in [1.807, 2.05) is 0 Å². The lowest BCUT2D eigenvalue weighted by Crippen LogP contribution is -2.43. The van der Waals surface area contributed by atoms with Crippen molar-refractivity contribution in [2.24, 2.45) is 5.92 Å². The van der Waals surface area contributed by atoms with Crippen LogP contribution in [0.5, 0.6) is 0 Å². The molecule has 1 aliphatic heterocycles. The van der Waals surface area contributed by atoms with Gasteiger partial charge in [-0.1, -0.05) is 11.6 Å². The Hall–Kier alpha value is -2.34. The van der Waals surface area contributed by atoms with Crippen molar-refractivity contribution >= 4 is 23.5 Å². The van der Waals surface area contributed by atoms with Gasteiger partial charge in [0.1, 0.15) is 6.26 Å². The molecule has 7 heteroatoms. The third kappa shape index (κ3) is 3.76. The molecule has 3 rings (SSSR count). The van der Waals surface area contributed by atoms with E-state index in [1.54, 1.807) is 29.2 Å². The van der Waals surface area contributed by atoms with Crippen molar-refractivity contribution in [2.45, 2.75) is 19.3 Å². The van der Waals surface area contributed by atoms with Gasteiger partial charge >= 0.3 is 5.97 Å². The van der Waals surface area contributed by atoms with Gasteiger partial charge in [-0.2, -0.15) is 0 Å². The van der Waals surface area contributed by atoms with Gasteiger partial charge in [0.15, 0.2) is 0 Å². The van der Waals surface area contributed by atoms with Crippen molar-refractivity contribution in [3.8, 4) is 11.5 Å². The van der Waals surface area contributed by atoms with E-state index in [0.29, 0.717) is 36.0 Å². The van der Waals surface area contributed by atoms with Crippen molar-refractivity contribution in [3.63, 3.8) is 0 Å². The monoisotopic (exact) mass is 348 g/mol. The number of aromatic nitrogens is 1. The fraction of sp³-hybridized carbons (Fsp3) is 0.353. The van der Waals surface area contributed by atoms with Gasteiger partial charge in [0.05, 0.1) is 18.0 Å². The average molecular weight is 349 g/mol. The van der Waals surface area contributed by atoms with Crippen LogP contribution in [0.2, 0.25) is 5.02 Å². The first kappa shape index (κ1) is 16.5. The van der Waals surface area contributed by atoms with Crippen LogP contribution in [0.25, 0.3) is 11.5 Å². The smallest absolute Gasteiger partial charge is 0.308 e. The van der Waals surface area contributed by atoms with E-state index in [4.69, 9.17) is 21.1 Å². The Balaban J connectivity index is 1.65. The summed E-state index contributed by atoms with van der Waals surface area (Å²) in [5.74, 6) is -1.03. The number of benzene rings is 1. The van der Waals surface area contributed by atoms with Gasteiger partial charge in [0.2, 0.25) is 11.8 Å². The summed E-state index contributed by atoms with van der Waals surface area (Å²) < 4.78 is 5.42. The maximum absolute atomic E-state index is 12.4. The predicted molar refractivity (Wildman–Crippen MR) is 87.6 cm³/mol. The van der Waals surface area contributed by atoms with Gasteiger partial charge in [0, 0.05) is 23.7 Å². The standard InChI is InChI=1S/C17H17ClN2O4/c18-13-5-3-11(4-6-13)16-19-14(10-24-16)8-15(21)20-7-1-2-12(9-20)17(22)23/h3-6,10,12H,1-2,7-9H2,(H,22,23)/t12-/m1/s1. The van der Waals surface area contributed by atoms with Crippen LogP contribution in [0.15, 0.2) is 34.9 Å². The number of nitrogens with zero attached hydrogens (tertiary/aromatic N) is 2. The Morgan fingerprint density at radius 1 is 1.33 bits per heavy atom. The van der Waals surface area contributed by atoms with Gasteiger partial charge < -0.3 is 14.4 Å². The number of carboxylic acid groups (broad SMARTS) is 1. The Morgan fingerprint density at radius 2 is 2.08 bits per heavy atom. The number of carbonyl (C=O) groups is 2. The molecule has 1 fully saturated rings. The Morgan fingerprint density at radius 3 is 2.79 bits per heavy atom. The predicted octanol–water partition coefficient (Wildman–Crippen LogP) is 2.86. The van der Waals surface area contributed by atoms with Crippen molar-refractivity contribution in [1.82, 2.24) is 9.88 Å². The number of piperidine rings is 1. The minimum absolute atomic E-state index is 0.101. The Bertz CT molecular complexity index is 741. The number of carboxylic acids is 1. The molecule has 0 aliphatic carbocycles. The van der Waals surface area contributed by atoms with Crippen LogP contribution >= 0.6 is 11.6 Å². The zero-order chi connectivity index (χ0) is 17.1. The van der Waals surface area contributed by atoms with Crippen LogP contribution in [0.3, 0.4) is 0 Å². The van der Waals surface area contributed by atoms with E-state index in [-0.39, 0.29) is 18.9 Å². The highest BCUT2D eigenvalue weighted by molar-refractivity contribution is 6.30. The number of rotatable bonds is 4. The highest BCUT2D eigenvalue weighted by Crippen LogP contribution is 2.22. The summed E-state index contributed by atoms with van der Waals surface area (Å²) in [5, 5.41) is 9.73. The molecule has 0 spiro atoms. The Kier molecular flexibility index (Phi) is 4.85. The van der Waals surface area contributed by atoms with Crippen molar-refractivity contribution in [1.29, 1.82) is 0 Å². The van der Waals surface area contributed by atoms with Crippen LogP contribution in [-0.4, -0.2) is 40.0 Å². The molecule has 1 atom stereocenters. The highest BCUT2D eigenvalue weighted by atomic mass is 35.5. The maximum Gasteiger partial charge on any atom is 0.308 e. The molecule has 0 bridgehead atoms. The molecule has 24 heavy (non-hydrogen) atoms. The lowest BCUT2D eigenvalue weighted by molar-refractivity contribution is -0.145. The van der Waals surface area contributed by atoms with Gasteiger partial charge in [-0.15, -0.1) is 0 Å². The molecule has 1 aromatic carbocycles. The molecule has 1 N–H and O–H groups in total. The lowest BCUT2D eigenvalue weighted by Gasteiger charge is -2.30. The van der Waals surface area contributed by atoms with Crippen molar-refractivity contribution in [2.75, 3.05) is 13.1 Å². The normalized spacial score (nSPS) is 17.7. The van der Waals surface area contributed by atoms with E-state index in [9.17, 15) is 9.59 Å². The number of hydrogen-bond donors (Lipinski definition) is 1. The number of oxazole rings is 1. The van der Waals surface area contributed by atoms with Crippen molar-refractivity contribution in [3.05, 3.63) is 41.2 Å². The molecular formula is C17H17ClN2O4. The fourth-order valence-corrected chi connectivity index (χ4v) is 2.91. The third-order valence-corrected chi connectivity index (χ3v) is 4.35. The second-order valence-corrected chi connectivity index (χ2v) is 6.28. The van der Waals surface area contributed by atoms with Gasteiger partial charge in [-0.3, -0.25) is 9.59 Å². The summed E-state index contributed by atoms with van der Waals surface area (Å²) in [4.78, 5) is 29.4. The minimum atomic E-state index is -0.848. The first-order chi connectivity index (χ1) is 11.5. The lowest BCUT2D eigenvalue weighted by atomic mass is 9.98. The molecule has 126 valence electrons. The van der Waals surface area contributed by atoms with Crippen LogP contribution in [0, 0.1) is 5.92 Å². The van der Waals surface area contributed by atoms with E-state index < -0.39 is 11.9 Å². The highest BCUT2D eigenvalue weighted by Gasteiger charge is 2.28. The number of aliphatic carboxylic acids is 1. The number of halogens is 1.